The van der Waals surface area contributed by atoms with Crippen molar-refractivity contribution in [3.05, 3.63) is 41.2 Å². The van der Waals surface area contributed by atoms with Crippen molar-refractivity contribution in [2.24, 2.45) is 5.73 Å². The van der Waals surface area contributed by atoms with Gasteiger partial charge in [0.15, 0.2) is 0 Å². The third-order valence-electron chi connectivity index (χ3n) is 5.35. The molecule has 1 aliphatic rings. The van der Waals surface area contributed by atoms with Crippen LogP contribution in [-0.4, -0.2) is 53.3 Å². The van der Waals surface area contributed by atoms with Crippen LogP contribution >= 0.6 is 0 Å². The van der Waals surface area contributed by atoms with E-state index in [1.54, 1.807) is 7.11 Å². The maximum atomic E-state index is 13.1. The first kappa shape index (κ1) is 19.2. The molecule has 0 aliphatic carbocycles. The second-order valence-corrected chi connectivity index (χ2v) is 7.72. The molecule has 1 amide bonds. The Bertz CT molecular complexity index is 810. The molecular weight excluding hydrogens is 342 g/mol. The molecular formula is C20H29N5O2. The van der Waals surface area contributed by atoms with Crippen molar-refractivity contribution < 1.29 is 9.53 Å². The minimum absolute atomic E-state index is 0.0599. The maximum Gasteiger partial charge on any atom is 0.244 e. The van der Waals surface area contributed by atoms with Crippen molar-refractivity contribution in [3.63, 3.8) is 0 Å². The van der Waals surface area contributed by atoms with Gasteiger partial charge in [0.1, 0.15) is 11.8 Å². The molecule has 27 heavy (non-hydrogen) atoms. The summed E-state index contributed by atoms with van der Waals surface area (Å²) in [5, 5.41) is 7.08. The van der Waals surface area contributed by atoms with E-state index in [4.69, 9.17) is 10.5 Å². The van der Waals surface area contributed by atoms with Gasteiger partial charge in [-0.15, -0.1) is 0 Å². The van der Waals surface area contributed by atoms with Gasteiger partial charge < -0.3 is 20.3 Å². The normalized spacial score (nSPS) is 17.7. The van der Waals surface area contributed by atoms with Crippen LogP contribution in [0.25, 0.3) is 0 Å². The second-order valence-electron chi connectivity index (χ2n) is 7.72. The Hall–Kier alpha value is -2.54. The molecule has 0 radical (unpaired) electrons. The van der Waals surface area contributed by atoms with E-state index < -0.39 is 6.04 Å². The number of H-pyrrole nitrogens is 1. The summed E-state index contributed by atoms with van der Waals surface area (Å²) < 4.78 is 5.53. The van der Waals surface area contributed by atoms with Crippen LogP contribution in [0, 0.1) is 13.8 Å². The van der Waals surface area contributed by atoms with E-state index >= 15 is 0 Å². The SMILES string of the molecule is COc1ccccc1N1CCN(C(=O)[C@H](N)c2c(C)n[nH]c2C)CC1(C)C. The highest BCUT2D eigenvalue weighted by atomic mass is 16.5. The molecule has 1 aromatic carbocycles. The van der Waals surface area contributed by atoms with E-state index in [1.807, 2.05) is 36.9 Å². The number of aryl methyl sites for hydroxylation is 2. The van der Waals surface area contributed by atoms with Crippen LogP contribution in [0.3, 0.4) is 0 Å². The minimum Gasteiger partial charge on any atom is -0.495 e. The van der Waals surface area contributed by atoms with E-state index in [9.17, 15) is 4.79 Å². The summed E-state index contributed by atoms with van der Waals surface area (Å²) in [6.45, 7) is 9.96. The smallest absolute Gasteiger partial charge is 0.244 e. The summed E-state index contributed by atoms with van der Waals surface area (Å²) in [5.74, 6) is 0.780. The number of anilines is 1. The van der Waals surface area contributed by atoms with Gasteiger partial charge in [-0.3, -0.25) is 9.89 Å². The standard InChI is InChI=1S/C20H29N5O2/c1-13-17(14(2)23-22-13)18(21)19(26)24-10-11-25(20(3,4)12-24)15-8-6-7-9-16(15)27-5/h6-9,18H,10-12,21H2,1-5H3,(H,22,23)/t18-/m1/s1. The van der Waals surface area contributed by atoms with Gasteiger partial charge in [0.25, 0.3) is 0 Å². The summed E-state index contributed by atoms with van der Waals surface area (Å²) in [7, 11) is 1.68. The van der Waals surface area contributed by atoms with Crippen LogP contribution in [0.1, 0.15) is 36.8 Å². The monoisotopic (exact) mass is 371 g/mol. The zero-order valence-electron chi connectivity index (χ0n) is 16.7. The number of hydrogen-bond acceptors (Lipinski definition) is 5. The van der Waals surface area contributed by atoms with E-state index in [0.717, 1.165) is 34.9 Å². The van der Waals surface area contributed by atoms with Crippen molar-refractivity contribution in [2.45, 2.75) is 39.3 Å². The number of benzene rings is 1. The fraction of sp³-hybridized carbons (Fsp3) is 0.500. The molecule has 7 heteroatoms. The average molecular weight is 371 g/mol. The first-order chi connectivity index (χ1) is 12.8. The van der Waals surface area contributed by atoms with Crippen LogP contribution in [0.5, 0.6) is 5.75 Å². The highest BCUT2D eigenvalue weighted by molar-refractivity contribution is 5.84. The van der Waals surface area contributed by atoms with Gasteiger partial charge in [0, 0.05) is 30.9 Å². The Labute approximate surface area is 160 Å². The number of aromatic nitrogens is 2. The highest BCUT2D eigenvalue weighted by Crippen LogP contribution is 2.35. The third kappa shape index (κ3) is 3.51. The van der Waals surface area contributed by atoms with Crippen LogP contribution in [0.15, 0.2) is 24.3 Å². The Morgan fingerprint density at radius 2 is 2.00 bits per heavy atom. The number of ether oxygens (including phenoxy) is 1. The van der Waals surface area contributed by atoms with Crippen molar-refractivity contribution >= 4 is 11.6 Å². The Kier molecular flexibility index (Phi) is 5.15. The van der Waals surface area contributed by atoms with Gasteiger partial charge >= 0.3 is 0 Å². The molecule has 3 N–H and O–H groups in total. The first-order valence-electron chi connectivity index (χ1n) is 9.22. The lowest BCUT2D eigenvalue weighted by Crippen LogP contribution is -2.61. The number of nitrogens with zero attached hydrogens (tertiary/aromatic N) is 3. The fourth-order valence-corrected chi connectivity index (χ4v) is 3.98. The molecule has 1 atom stereocenters. The molecule has 1 aromatic heterocycles. The number of aromatic amines is 1. The predicted octanol–water partition coefficient (Wildman–Crippen LogP) is 2.16. The molecule has 3 rings (SSSR count). The molecule has 0 bridgehead atoms. The maximum absolute atomic E-state index is 13.1. The molecule has 1 fully saturated rings. The molecule has 2 aromatic rings. The van der Waals surface area contributed by atoms with Gasteiger partial charge in [0.05, 0.1) is 24.0 Å². The zero-order chi connectivity index (χ0) is 19.8. The van der Waals surface area contributed by atoms with Crippen molar-refractivity contribution in [1.29, 1.82) is 0 Å². The molecule has 146 valence electrons. The lowest BCUT2D eigenvalue weighted by Gasteiger charge is -2.49. The largest absolute Gasteiger partial charge is 0.495 e. The summed E-state index contributed by atoms with van der Waals surface area (Å²) in [5.41, 5.74) is 9.53. The zero-order valence-corrected chi connectivity index (χ0v) is 16.7. The van der Waals surface area contributed by atoms with Crippen LogP contribution in [-0.2, 0) is 4.79 Å². The molecule has 0 unspecified atom stereocenters. The second kappa shape index (κ2) is 7.23. The molecule has 0 spiro atoms. The quantitative estimate of drug-likeness (QED) is 0.860. The number of nitrogens with one attached hydrogen (secondary N) is 1. The summed E-state index contributed by atoms with van der Waals surface area (Å²) in [4.78, 5) is 17.2. The van der Waals surface area contributed by atoms with Gasteiger partial charge in [-0.25, -0.2) is 0 Å². The predicted molar refractivity (Wildman–Crippen MR) is 106 cm³/mol. The van der Waals surface area contributed by atoms with Gasteiger partial charge in [0.2, 0.25) is 5.91 Å². The van der Waals surface area contributed by atoms with Crippen LogP contribution in [0.4, 0.5) is 5.69 Å². The molecule has 1 aliphatic heterocycles. The number of carbonyl (C=O) groups excluding carboxylic acids is 1. The van der Waals surface area contributed by atoms with Gasteiger partial charge in [-0.1, -0.05) is 12.1 Å². The van der Waals surface area contributed by atoms with Crippen LogP contribution in [0.2, 0.25) is 0 Å². The van der Waals surface area contributed by atoms with E-state index in [1.165, 1.54) is 0 Å². The number of hydrogen-bond donors (Lipinski definition) is 2. The fourth-order valence-electron chi connectivity index (χ4n) is 3.98. The summed E-state index contributed by atoms with van der Waals surface area (Å²) in [6, 6.07) is 7.29. The number of amides is 1. The number of carbonyl (C=O) groups is 1. The molecule has 1 saturated heterocycles. The lowest BCUT2D eigenvalue weighted by molar-refractivity contribution is -0.134. The highest BCUT2D eigenvalue weighted by Gasteiger charge is 2.38. The average Bonchev–Trinajstić information content (AvgIpc) is 2.98. The van der Waals surface area contributed by atoms with Gasteiger partial charge in [-0.05, 0) is 39.8 Å². The number of methoxy groups -OCH3 is 1. The summed E-state index contributed by atoms with van der Waals surface area (Å²) in [6.07, 6.45) is 0. The topological polar surface area (TPSA) is 87.5 Å². The van der Waals surface area contributed by atoms with Crippen molar-refractivity contribution in [1.82, 2.24) is 15.1 Å². The Morgan fingerprint density at radius 3 is 2.59 bits per heavy atom. The van der Waals surface area contributed by atoms with E-state index in [-0.39, 0.29) is 11.4 Å². The van der Waals surface area contributed by atoms with E-state index in [0.29, 0.717) is 13.1 Å². The van der Waals surface area contributed by atoms with Crippen molar-refractivity contribution in [2.75, 3.05) is 31.6 Å². The minimum atomic E-state index is -0.697. The Morgan fingerprint density at radius 1 is 1.30 bits per heavy atom. The molecule has 2 heterocycles. The number of rotatable bonds is 4. The van der Waals surface area contributed by atoms with E-state index in [2.05, 4.69) is 35.0 Å². The Balaban J connectivity index is 1.80. The number of piperazine rings is 1. The van der Waals surface area contributed by atoms with Crippen LogP contribution < -0.4 is 15.4 Å². The number of para-hydroxylation sites is 2. The third-order valence-corrected chi connectivity index (χ3v) is 5.35. The molecule has 0 saturated carbocycles. The summed E-state index contributed by atoms with van der Waals surface area (Å²) >= 11 is 0. The van der Waals surface area contributed by atoms with Gasteiger partial charge in [-0.2, -0.15) is 5.10 Å². The number of nitrogens with two attached hydrogens (primary N) is 1. The van der Waals surface area contributed by atoms with Crippen molar-refractivity contribution in [3.8, 4) is 5.75 Å². The lowest BCUT2D eigenvalue weighted by atomic mass is 9.96. The first-order valence-corrected chi connectivity index (χ1v) is 9.22. The molecule has 7 nitrogen and oxygen atoms in total.